The highest BCUT2D eigenvalue weighted by Gasteiger charge is 2.36. The van der Waals surface area contributed by atoms with Crippen LogP contribution in [0, 0.1) is 0 Å². The molecule has 1 fully saturated rings. The molecular formula is C9H11BrN2O3S2. The minimum atomic E-state index is -3.59. The van der Waals surface area contributed by atoms with Crippen LogP contribution in [-0.2, 0) is 14.8 Å². The molecule has 0 saturated carbocycles. The third-order valence-electron chi connectivity index (χ3n) is 2.57. The lowest BCUT2D eigenvalue weighted by Gasteiger charge is -2.31. The second-order valence-corrected chi connectivity index (χ2v) is 7.50. The van der Waals surface area contributed by atoms with E-state index in [1.165, 1.54) is 4.31 Å². The minimum absolute atomic E-state index is 0.249. The van der Waals surface area contributed by atoms with Crippen molar-refractivity contribution in [2.75, 3.05) is 13.1 Å². The highest BCUT2D eigenvalue weighted by molar-refractivity contribution is 9.10. The first kappa shape index (κ1) is 13.0. The summed E-state index contributed by atoms with van der Waals surface area (Å²) in [7, 11) is -3.59. The first-order valence-corrected chi connectivity index (χ1v) is 8.08. The molecule has 1 aliphatic rings. The number of piperazine rings is 1. The Hall–Kier alpha value is -0.440. The second kappa shape index (κ2) is 4.68. The molecule has 17 heavy (non-hydrogen) atoms. The predicted octanol–water partition coefficient (Wildman–Crippen LogP) is 1.02. The lowest BCUT2D eigenvalue weighted by atomic mass is 10.2. The average Bonchev–Trinajstić information content (AvgIpc) is 2.69. The standard InChI is InChI=1S/C9H11BrN2O3S2/c1-6-8(13)11-3-4-12(6)17(14,15)9-7(10)2-5-16-9/h2,5-6H,3-4H2,1H3,(H,11,13). The van der Waals surface area contributed by atoms with Crippen LogP contribution in [0.4, 0.5) is 0 Å². The molecule has 1 saturated heterocycles. The third kappa shape index (κ3) is 2.26. The maximum absolute atomic E-state index is 12.4. The van der Waals surface area contributed by atoms with Crippen molar-refractivity contribution in [3.8, 4) is 0 Å². The van der Waals surface area contributed by atoms with Crippen molar-refractivity contribution in [3.05, 3.63) is 15.9 Å². The molecule has 1 amide bonds. The number of nitrogens with zero attached hydrogens (tertiary/aromatic N) is 1. The molecule has 0 aromatic carbocycles. The summed E-state index contributed by atoms with van der Waals surface area (Å²) < 4.78 is 26.7. The Morgan fingerprint density at radius 1 is 1.59 bits per heavy atom. The van der Waals surface area contributed by atoms with Gasteiger partial charge < -0.3 is 5.32 Å². The predicted molar refractivity (Wildman–Crippen MR) is 68.4 cm³/mol. The van der Waals surface area contributed by atoms with Gasteiger partial charge in [0.1, 0.15) is 10.3 Å². The van der Waals surface area contributed by atoms with Crippen LogP contribution in [0.1, 0.15) is 6.92 Å². The molecular weight excluding hydrogens is 328 g/mol. The summed E-state index contributed by atoms with van der Waals surface area (Å²) in [6, 6.07) is 1.02. The summed E-state index contributed by atoms with van der Waals surface area (Å²) in [5, 5.41) is 4.34. The van der Waals surface area contributed by atoms with Crippen molar-refractivity contribution in [2.24, 2.45) is 0 Å². The number of amides is 1. The Balaban J connectivity index is 2.39. The van der Waals surface area contributed by atoms with Crippen molar-refractivity contribution in [3.63, 3.8) is 0 Å². The molecule has 0 bridgehead atoms. The van der Waals surface area contributed by atoms with E-state index in [1.807, 2.05) is 0 Å². The second-order valence-electron chi connectivity index (χ2n) is 3.64. The monoisotopic (exact) mass is 338 g/mol. The number of hydrogen-bond acceptors (Lipinski definition) is 4. The van der Waals surface area contributed by atoms with Crippen molar-refractivity contribution < 1.29 is 13.2 Å². The molecule has 2 heterocycles. The largest absolute Gasteiger partial charge is 0.353 e. The van der Waals surface area contributed by atoms with Gasteiger partial charge in [-0.3, -0.25) is 4.79 Å². The molecule has 0 radical (unpaired) electrons. The summed E-state index contributed by atoms with van der Waals surface area (Å²) in [5.41, 5.74) is 0. The van der Waals surface area contributed by atoms with E-state index in [-0.39, 0.29) is 10.1 Å². The summed E-state index contributed by atoms with van der Waals surface area (Å²) in [5.74, 6) is -0.257. The average molecular weight is 339 g/mol. The van der Waals surface area contributed by atoms with Gasteiger partial charge in [0.25, 0.3) is 10.0 Å². The minimum Gasteiger partial charge on any atom is -0.353 e. The topological polar surface area (TPSA) is 66.5 Å². The summed E-state index contributed by atoms with van der Waals surface area (Å²) in [6.45, 7) is 2.25. The Morgan fingerprint density at radius 3 is 2.88 bits per heavy atom. The number of sulfonamides is 1. The molecule has 1 N–H and O–H groups in total. The first-order valence-electron chi connectivity index (χ1n) is 4.97. The SMILES string of the molecule is CC1C(=O)NCCN1S(=O)(=O)c1sccc1Br. The lowest BCUT2D eigenvalue weighted by Crippen LogP contribution is -2.55. The molecule has 1 atom stereocenters. The Bertz CT molecular complexity index is 540. The molecule has 5 nitrogen and oxygen atoms in total. The van der Waals surface area contributed by atoms with Crippen LogP contribution in [0.2, 0.25) is 0 Å². The van der Waals surface area contributed by atoms with E-state index in [9.17, 15) is 13.2 Å². The van der Waals surface area contributed by atoms with Crippen LogP contribution in [0.25, 0.3) is 0 Å². The molecule has 94 valence electrons. The summed E-state index contributed by atoms with van der Waals surface area (Å²) >= 11 is 4.35. The highest BCUT2D eigenvalue weighted by Crippen LogP contribution is 2.31. The number of hydrogen-bond donors (Lipinski definition) is 1. The molecule has 1 aromatic heterocycles. The zero-order valence-electron chi connectivity index (χ0n) is 9.01. The van der Waals surface area contributed by atoms with E-state index in [4.69, 9.17) is 0 Å². The first-order chi connectivity index (χ1) is 7.94. The van der Waals surface area contributed by atoms with E-state index in [0.717, 1.165) is 11.3 Å². The molecule has 1 aliphatic heterocycles. The molecule has 0 aliphatic carbocycles. The number of rotatable bonds is 2. The van der Waals surface area contributed by atoms with Gasteiger partial charge in [-0.1, -0.05) is 0 Å². The van der Waals surface area contributed by atoms with Gasteiger partial charge in [-0.05, 0) is 34.3 Å². The quantitative estimate of drug-likeness (QED) is 0.875. The van der Waals surface area contributed by atoms with Gasteiger partial charge in [0.15, 0.2) is 0 Å². The van der Waals surface area contributed by atoms with E-state index in [1.54, 1.807) is 18.4 Å². The maximum Gasteiger partial charge on any atom is 0.254 e. The van der Waals surface area contributed by atoms with Gasteiger partial charge >= 0.3 is 0 Å². The van der Waals surface area contributed by atoms with Crippen molar-refractivity contribution in [2.45, 2.75) is 17.2 Å². The Morgan fingerprint density at radius 2 is 2.29 bits per heavy atom. The highest BCUT2D eigenvalue weighted by atomic mass is 79.9. The normalized spacial score (nSPS) is 22.5. The van der Waals surface area contributed by atoms with E-state index in [2.05, 4.69) is 21.2 Å². The number of thiophene rings is 1. The molecule has 1 aromatic rings. The van der Waals surface area contributed by atoms with Crippen molar-refractivity contribution >= 4 is 43.2 Å². The van der Waals surface area contributed by atoms with Crippen LogP contribution < -0.4 is 5.32 Å². The molecule has 2 rings (SSSR count). The van der Waals surface area contributed by atoms with Crippen molar-refractivity contribution in [1.29, 1.82) is 0 Å². The fourth-order valence-electron chi connectivity index (χ4n) is 1.66. The molecule has 0 spiro atoms. The van der Waals surface area contributed by atoms with Crippen LogP contribution in [0.15, 0.2) is 20.1 Å². The zero-order chi connectivity index (χ0) is 12.6. The van der Waals surface area contributed by atoms with Crippen molar-refractivity contribution in [1.82, 2.24) is 9.62 Å². The number of carbonyl (C=O) groups excluding carboxylic acids is 1. The van der Waals surface area contributed by atoms with Gasteiger partial charge in [0.05, 0.1) is 0 Å². The number of carbonyl (C=O) groups is 1. The van der Waals surface area contributed by atoms with Gasteiger partial charge in [0, 0.05) is 17.6 Å². The van der Waals surface area contributed by atoms with E-state index in [0.29, 0.717) is 17.6 Å². The fourth-order valence-corrected chi connectivity index (χ4v) is 5.68. The van der Waals surface area contributed by atoms with Crippen LogP contribution in [0.5, 0.6) is 0 Å². The molecule has 8 heteroatoms. The van der Waals surface area contributed by atoms with Gasteiger partial charge in [-0.2, -0.15) is 4.31 Å². The maximum atomic E-state index is 12.4. The number of halogens is 1. The van der Waals surface area contributed by atoms with Crippen LogP contribution in [-0.4, -0.2) is 37.8 Å². The van der Waals surface area contributed by atoms with Gasteiger partial charge in [-0.15, -0.1) is 11.3 Å². The summed E-state index contributed by atoms with van der Waals surface area (Å²) in [6.07, 6.45) is 0. The summed E-state index contributed by atoms with van der Waals surface area (Å²) in [4.78, 5) is 11.5. The van der Waals surface area contributed by atoms with Crippen LogP contribution in [0.3, 0.4) is 0 Å². The zero-order valence-corrected chi connectivity index (χ0v) is 12.2. The van der Waals surface area contributed by atoms with E-state index < -0.39 is 16.1 Å². The fraction of sp³-hybridized carbons (Fsp3) is 0.444. The van der Waals surface area contributed by atoms with Gasteiger partial charge in [-0.25, -0.2) is 8.42 Å². The lowest BCUT2D eigenvalue weighted by molar-refractivity contribution is -0.126. The third-order valence-corrected chi connectivity index (χ3v) is 7.19. The molecule has 1 unspecified atom stereocenters. The van der Waals surface area contributed by atoms with Crippen LogP contribution >= 0.6 is 27.3 Å². The smallest absolute Gasteiger partial charge is 0.254 e. The number of nitrogens with one attached hydrogen (secondary N) is 1. The Labute approximate surface area is 112 Å². The van der Waals surface area contributed by atoms with E-state index >= 15 is 0 Å². The Kier molecular flexibility index (Phi) is 3.58. The van der Waals surface area contributed by atoms with Gasteiger partial charge in [0.2, 0.25) is 5.91 Å².